The average Bonchev–Trinajstić information content (AvgIpc) is 3.09. The average molecular weight is 401 g/mol. The molecule has 29 heavy (non-hydrogen) atoms. The second-order valence-corrected chi connectivity index (χ2v) is 7.95. The molecule has 9 nitrogen and oxygen atoms in total. The van der Waals surface area contributed by atoms with Crippen molar-refractivity contribution in [2.45, 2.75) is 45.4 Å². The number of aromatic nitrogens is 4. The molecule has 1 amide bonds. The summed E-state index contributed by atoms with van der Waals surface area (Å²) in [6.07, 6.45) is 1.07. The number of nitrogens with zero attached hydrogens (tertiary/aromatic N) is 5. The summed E-state index contributed by atoms with van der Waals surface area (Å²) in [5, 5.41) is 22.8. The Hall–Kier alpha value is -2.94. The number of piperidine rings is 1. The maximum atomic E-state index is 12.3. The molecule has 2 aromatic rings. The minimum atomic E-state index is -0.651. The van der Waals surface area contributed by atoms with Gasteiger partial charge in [0.1, 0.15) is 11.4 Å². The first-order valence-electron chi connectivity index (χ1n) is 9.51. The number of aliphatic hydroxyl groups is 1. The van der Waals surface area contributed by atoms with Crippen molar-refractivity contribution in [3.05, 3.63) is 41.2 Å². The maximum absolute atomic E-state index is 12.3. The van der Waals surface area contributed by atoms with Gasteiger partial charge in [0.05, 0.1) is 19.8 Å². The predicted octanol–water partition coefficient (Wildman–Crippen LogP) is 2.12. The quantitative estimate of drug-likeness (QED) is 0.837. The summed E-state index contributed by atoms with van der Waals surface area (Å²) < 4.78 is 10.6. The van der Waals surface area contributed by atoms with E-state index in [0.717, 1.165) is 11.3 Å². The molecule has 1 atom stereocenters. The van der Waals surface area contributed by atoms with Crippen molar-refractivity contribution in [3.8, 4) is 5.75 Å². The third-order valence-electron chi connectivity index (χ3n) is 4.39. The molecule has 1 fully saturated rings. The van der Waals surface area contributed by atoms with E-state index in [1.165, 1.54) is 4.80 Å². The normalized spacial score (nSPS) is 18.7. The standard InChI is InChI=1S/C20H27N5O4/c1-20(2,3)29-19(27)24-10-9-17(26)15(13-24)11-18-21-23-25(22-18)12-14-5-7-16(28-4)8-6-14/h5-8,11,17,26H,9-10,12-13H2,1-4H3/b15-11-. The Labute approximate surface area is 169 Å². The number of rotatable bonds is 4. The fourth-order valence-electron chi connectivity index (χ4n) is 2.93. The second kappa shape index (κ2) is 8.60. The van der Waals surface area contributed by atoms with E-state index in [9.17, 15) is 9.90 Å². The van der Waals surface area contributed by atoms with Gasteiger partial charge in [0.2, 0.25) is 0 Å². The van der Waals surface area contributed by atoms with E-state index in [1.807, 2.05) is 45.0 Å². The third kappa shape index (κ3) is 5.77. The van der Waals surface area contributed by atoms with E-state index in [0.29, 0.717) is 30.9 Å². The van der Waals surface area contributed by atoms with Crippen LogP contribution in [0.15, 0.2) is 29.8 Å². The summed E-state index contributed by atoms with van der Waals surface area (Å²) >= 11 is 0. The Morgan fingerprint density at radius 1 is 1.31 bits per heavy atom. The summed E-state index contributed by atoms with van der Waals surface area (Å²) in [5.41, 5.74) is 1.10. The monoisotopic (exact) mass is 401 g/mol. The van der Waals surface area contributed by atoms with Crippen molar-refractivity contribution < 1.29 is 19.4 Å². The lowest BCUT2D eigenvalue weighted by molar-refractivity contribution is 0.0191. The van der Waals surface area contributed by atoms with Gasteiger partial charge in [-0.2, -0.15) is 4.80 Å². The third-order valence-corrected chi connectivity index (χ3v) is 4.39. The number of aliphatic hydroxyl groups excluding tert-OH is 1. The molecule has 1 aliphatic rings. The topological polar surface area (TPSA) is 103 Å². The first-order valence-corrected chi connectivity index (χ1v) is 9.51. The highest BCUT2D eigenvalue weighted by atomic mass is 16.6. The second-order valence-electron chi connectivity index (χ2n) is 7.95. The van der Waals surface area contributed by atoms with Crippen molar-refractivity contribution in [1.29, 1.82) is 0 Å². The molecule has 0 bridgehead atoms. The molecule has 0 saturated carbocycles. The van der Waals surface area contributed by atoms with Crippen LogP contribution in [-0.4, -0.2) is 68.2 Å². The molecule has 1 aromatic heterocycles. The Morgan fingerprint density at radius 2 is 2.03 bits per heavy atom. The minimum Gasteiger partial charge on any atom is -0.497 e. The highest BCUT2D eigenvalue weighted by Crippen LogP contribution is 2.21. The van der Waals surface area contributed by atoms with Crippen molar-refractivity contribution in [1.82, 2.24) is 25.1 Å². The number of ether oxygens (including phenoxy) is 2. The van der Waals surface area contributed by atoms with Crippen molar-refractivity contribution in [2.75, 3.05) is 20.2 Å². The van der Waals surface area contributed by atoms with Gasteiger partial charge in [-0.05, 0) is 61.8 Å². The smallest absolute Gasteiger partial charge is 0.410 e. The largest absolute Gasteiger partial charge is 0.497 e. The number of methoxy groups -OCH3 is 1. The van der Waals surface area contributed by atoms with E-state index >= 15 is 0 Å². The molecule has 0 aliphatic carbocycles. The van der Waals surface area contributed by atoms with Gasteiger partial charge >= 0.3 is 6.09 Å². The summed E-state index contributed by atoms with van der Waals surface area (Å²) in [7, 11) is 1.62. The number of carbonyl (C=O) groups excluding carboxylic acids is 1. The van der Waals surface area contributed by atoms with Crippen LogP contribution in [0, 0.1) is 0 Å². The van der Waals surface area contributed by atoms with Gasteiger partial charge in [0.15, 0.2) is 5.82 Å². The number of hydrogen-bond donors (Lipinski definition) is 1. The van der Waals surface area contributed by atoms with Crippen LogP contribution in [0.2, 0.25) is 0 Å². The van der Waals surface area contributed by atoms with Crippen LogP contribution < -0.4 is 4.74 Å². The molecular weight excluding hydrogens is 374 g/mol. The number of benzene rings is 1. The van der Waals surface area contributed by atoms with E-state index in [2.05, 4.69) is 15.4 Å². The minimum absolute atomic E-state index is 0.267. The van der Waals surface area contributed by atoms with Crippen LogP contribution in [0.1, 0.15) is 38.6 Å². The molecule has 0 spiro atoms. The Kier molecular flexibility index (Phi) is 6.17. The lowest BCUT2D eigenvalue weighted by atomic mass is 10.0. The Balaban J connectivity index is 1.67. The summed E-state index contributed by atoms with van der Waals surface area (Å²) in [5.74, 6) is 1.17. The highest BCUT2D eigenvalue weighted by Gasteiger charge is 2.29. The van der Waals surface area contributed by atoms with Gasteiger partial charge in [-0.3, -0.25) is 0 Å². The summed E-state index contributed by atoms with van der Waals surface area (Å²) in [4.78, 5) is 15.4. The highest BCUT2D eigenvalue weighted by molar-refractivity contribution is 5.69. The molecule has 9 heteroatoms. The maximum Gasteiger partial charge on any atom is 0.410 e. The molecule has 1 aliphatic heterocycles. The van der Waals surface area contributed by atoms with Gasteiger partial charge in [0.25, 0.3) is 0 Å². The molecule has 1 saturated heterocycles. The summed E-state index contributed by atoms with van der Waals surface area (Å²) in [6.45, 7) is 6.64. The number of tetrazole rings is 1. The first kappa shape index (κ1) is 20.8. The summed E-state index contributed by atoms with van der Waals surface area (Å²) in [6, 6.07) is 7.62. The number of hydrogen-bond acceptors (Lipinski definition) is 7. The van der Waals surface area contributed by atoms with Crippen LogP contribution >= 0.6 is 0 Å². The van der Waals surface area contributed by atoms with Gasteiger partial charge in [-0.15, -0.1) is 10.2 Å². The van der Waals surface area contributed by atoms with E-state index < -0.39 is 17.8 Å². The fourth-order valence-corrected chi connectivity index (χ4v) is 2.93. The van der Waals surface area contributed by atoms with Gasteiger partial charge in [0, 0.05) is 13.1 Å². The Morgan fingerprint density at radius 3 is 2.69 bits per heavy atom. The molecule has 0 radical (unpaired) electrons. The molecule has 3 rings (SSSR count). The molecular formula is C20H27N5O4. The SMILES string of the molecule is COc1ccc(Cn2nnc(/C=C3/CN(C(=O)OC(C)(C)C)CCC3O)n2)cc1. The lowest BCUT2D eigenvalue weighted by Crippen LogP contribution is -2.44. The van der Waals surface area contributed by atoms with Crippen molar-refractivity contribution >= 4 is 12.2 Å². The van der Waals surface area contributed by atoms with Crippen LogP contribution in [0.4, 0.5) is 4.79 Å². The zero-order valence-corrected chi connectivity index (χ0v) is 17.2. The first-order chi connectivity index (χ1) is 13.7. The molecule has 1 unspecified atom stereocenters. The van der Waals surface area contributed by atoms with E-state index in [-0.39, 0.29) is 6.54 Å². The van der Waals surface area contributed by atoms with Crippen LogP contribution in [0.25, 0.3) is 6.08 Å². The van der Waals surface area contributed by atoms with Gasteiger partial charge < -0.3 is 19.5 Å². The van der Waals surface area contributed by atoms with Crippen LogP contribution in [0.5, 0.6) is 5.75 Å². The van der Waals surface area contributed by atoms with Crippen molar-refractivity contribution in [3.63, 3.8) is 0 Å². The molecule has 1 aromatic carbocycles. The fraction of sp³-hybridized carbons (Fsp3) is 0.500. The Bertz CT molecular complexity index is 870. The lowest BCUT2D eigenvalue weighted by Gasteiger charge is -2.33. The number of likely N-dealkylation sites (tertiary alicyclic amines) is 1. The van der Waals surface area contributed by atoms with Gasteiger partial charge in [-0.25, -0.2) is 4.79 Å². The number of carbonyl (C=O) groups is 1. The molecule has 2 heterocycles. The molecule has 1 N–H and O–H groups in total. The van der Waals surface area contributed by atoms with E-state index in [1.54, 1.807) is 18.1 Å². The predicted molar refractivity (Wildman–Crippen MR) is 106 cm³/mol. The number of amides is 1. The zero-order chi connectivity index (χ0) is 21.0. The van der Waals surface area contributed by atoms with Crippen molar-refractivity contribution in [2.24, 2.45) is 0 Å². The van der Waals surface area contributed by atoms with Gasteiger partial charge in [-0.1, -0.05) is 12.1 Å². The van der Waals surface area contributed by atoms with Crippen LogP contribution in [0.3, 0.4) is 0 Å². The van der Waals surface area contributed by atoms with Crippen LogP contribution in [-0.2, 0) is 11.3 Å². The van der Waals surface area contributed by atoms with E-state index in [4.69, 9.17) is 9.47 Å². The molecule has 156 valence electrons. The zero-order valence-electron chi connectivity index (χ0n) is 17.2.